The van der Waals surface area contributed by atoms with Crippen LogP contribution in [-0.4, -0.2) is 17.8 Å². The summed E-state index contributed by atoms with van der Waals surface area (Å²) < 4.78 is 5.75. The molecule has 0 N–H and O–H groups in total. The number of nitrogens with zero attached hydrogens (tertiary/aromatic N) is 1. The van der Waals surface area contributed by atoms with Gasteiger partial charge in [-0.15, -0.1) is 18.2 Å². The highest BCUT2D eigenvalue weighted by molar-refractivity contribution is 7.98. The number of hydrogen-bond acceptors (Lipinski definition) is 3. The summed E-state index contributed by atoms with van der Waals surface area (Å²) in [5.74, 6) is 3.60. The lowest BCUT2D eigenvalue weighted by atomic mass is 10.1. The van der Waals surface area contributed by atoms with Crippen LogP contribution in [0.4, 0.5) is 0 Å². The number of ether oxygens (including phenoxy) is 1. The van der Waals surface area contributed by atoms with Crippen LogP contribution in [0.5, 0.6) is 5.75 Å². The lowest BCUT2D eigenvalue weighted by Crippen LogP contribution is -2.10. The van der Waals surface area contributed by atoms with Crippen molar-refractivity contribution in [2.24, 2.45) is 5.41 Å². The lowest BCUT2D eigenvalue weighted by Gasteiger charge is -2.12. The van der Waals surface area contributed by atoms with Gasteiger partial charge in [-0.25, -0.2) is 0 Å². The molecule has 0 aromatic carbocycles. The maximum atomic E-state index is 5.75. The van der Waals surface area contributed by atoms with Crippen LogP contribution in [0.2, 0.25) is 0 Å². The lowest BCUT2D eigenvalue weighted by molar-refractivity contribution is 0.268. The van der Waals surface area contributed by atoms with Gasteiger partial charge in [0.2, 0.25) is 0 Å². The molecule has 2 rings (SSSR count). The molecule has 0 amide bonds. The van der Waals surface area contributed by atoms with Gasteiger partial charge in [-0.1, -0.05) is 12.5 Å². The van der Waals surface area contributed by atoms with Crippen molar-refractivity contribution in [3.05, 3.63) is 24.5 Å². The number of allylic oxidation sites excluding steroid dienone is 1. The number of rotatable bonds is 5. The Bertz CT molecular complexity index is 512. The first kappa shape index (κ1) is 13.0. The van der Waals surface area contributed by atoms with Crippen molar-refractivity contribution >= 4 is 17.3 Å². The monoisotopic (exact) mass is 259 g/mol. The SMILES string of the molecule is C#CC1(COc2cnc(C(=C)C)c(SC)c2)CC1. The van der Waals surface area contributed by atoms with Gasteiger partial charge in [-0.05, 0) is 37.7 Å². The van der Waals surface area contributed by atoms with E-state index in [0.29, 0.717) is 6.61 Å². The molecule has 1 aromatic heterocycles. The van der Waals surface area contributed by atoms with Crippen LogP contribution in [0.3, 0.4) is 0 Å². The molecule has 0 bridgehead atoms. The number of terminal acetylenes is 1. The second-order valence-corrected chi connectivity index (χ2v) is 5.56. The standard InChI is InChI=1S/C15H17NOS/c1-5-15(6-7-15)10-17-12-8-13(18-4)14(11(2)3)16-9-12/h1,8-9H,2,6-7,10H2,3-4H3. The van der Waals surface area contributed by atoms with Crippen LogP contribution >= 0.6 is 11.8 Å². The molecule has 0 saturated heterocycles. The molecule has 0 atom stereocenters. The molecule has 1 fully saturated rings. The second kappa shape index (κ2) is 5.07. The Balaban J connectivity index is 2.10. The molecule has 94 valence electrons. The van der Waals surface area contributed by atoms with E-state index in [1.165, 1.54) is 0 Å². The van der Waals surface area contributed by atoms with Gasteiger partial charge in [0.1, 0.15) is 12.4 Å². The molecule has 1 aliphatic rings. The van der Waals surface area contributed by atoms with E-state index in [1.54, 1.807) is 18.0 Å². The summed E-state index contributed by atoms with van der Waals surface area (Å²) >= 11 is 1.65. The van der Waals surface area contributed by atoms with Crippen LogP contribution in [0.1, 0.15) is 25.5 Å². The van der Waals surface area contributed by atoms with Crippen molar-refractivity contribution in [3.8, 4) is 18.1 Å². The quantitative estimate of drug-likeness (QED) is 0.595. The van der Waals surface area contributed by atoms with Crippen molar-refractivity contribution in [3.63, 3.8) is 0 Å². The Morgan fingerprint density at radius 2 is 2.39 bits per heavy atom. The van der Waals surface area contributed by atoms with E-state index < -0.39 is 0 Å². The average molecular weight is 259 g/mol. The summed E-state index contributed by atoms with van der Waals surface area (Å²) in [7, 11) is 0. The Kier molecular flexibility index (Phi) is 3.68. The normalized spacial score (nSPS) is 15.8. The zero-order valence-corrected chi connectivity index (χ0v) is 11.6. The second-order valence-electron chi connectivity index (χ2n) is 4.72. The van der Waals surface area contributed by atoms with Gasteiger partial charge >= 0.3 is 0 Å². The van der Waals surface area contributed by atoms with Crippen LogP contribution in [0.25, 0.3) is 5.57 Å². The molecule has 3 heteroatoms. The molecule has 2 nitrogen and oxygen atoms in total. The average Bonchev–Trinajstić information content (AvgIpc) is 3.16. The molecular formula is C15H17NOS. The number of hydrogen-bond donors (Lipinski definition) is 0. The Labute approximate surface area is 113 Å². The fraction of sp³-hybridized carbons (Fsp3) is 0.400. The van der Waals surface area contributed by atoms with Crippen molar-refractivity contribution in [1.82, 2.24) is 4.98 Å². The molecule has 1 aromatic rings. The highest BCUT2D eigenvalue weighted by Gasteiger charge is 2.41. The summed E-state index contributed by atoms with van der Waals surface area (Å²) in [5, 5.41) is 0. The molecular weight excluding hydrogens is 242 g/mol. The van der Waals surface area contributed by atoms with Crippen LogP contribution in [-0.2, 0) is 0 Å². The fourth-order valence-corrected chi connectivity index (χ4v) is 2.34. The predicted octanol–water partition coefficient (Wildman–Crippen LogP) is 3.63. The fourth-order valence-electron chi connectivity index (χ4n) is 1.68. The van der Waals surface area contributed by atoms with Crippen LogP contribution in [0.15, 0.2) is 23.7 Å². The van der Waals surface area contributed by atoms with Gasteiger partial charge in [0.05, 0.1) is 17.3 Å². The van der Waals surface area contributed by atoms with Crippen molar-refractivity contribution in [2.75, 3.05) is 12.9 Å². The Morgan fingerprint density at radius 1 is 1.67 bits per heavy atom. The van der Waals surface area contributed by atoms with Gasteiger partial charge in [0.25, 0.3) is 0 Å². The van der Waals surface area contributed by atoms with Crippen molar-refractivity contribution in [2.45, 2.75) is 24.7 Å². The van der Waals surface area contributed by atoms with E-state index in [2.05, 4.69) is 17.5 Å². The zero-order chi connectivity index (χ0) is 13.2. The molecule has 1 saturated carbocycles. The molecule has 1 heterocycles. The van der Waals surface area contributed by atoms with E-state index in [9.17, 15) is 0 Å². The Morgan fingerprint density at radius 3 is 2.89 bits per heavy atom. The molecule has 0 radical (unpaired) electrons. The van der Waals surface area contributed by atoms with Gasteiger partial charge < -0.3 is 4.74 Å². The molecule has 1 aliphatic carbocycles. The maximum absolute atomic E-state index is 5.75. The zero-order valence-electron chi connectivity index (χ0n) is 10.8. The van der Waals surface area contributed by atoms with Crippen LogP contribution in [0, 0.1) is 17.8 Å². The van der Waals surface area contributed by atoms with Gasteiger partial charge in [0.15, 0.2) is 0 Å². The van der Waals surface area contributed by atoms with Crippen LogP contribution < -0.4 is 4.74 Å². The summed E-state index contributed by atoms with van der Waals surface area (Å²) in [6.45, 7) is 6.48. The van der Waals surface area contributed by atoms with E-state index in [-0.39, 0.29) is 5.41 Å². The molecule has 0 spiro atoms. The first-order valence-corrected chi connectivity index (χ1v) is 7.13. The predicted molar refractivity (Wildman–Crippen MR) is 76.7 cm³/mol. The van der Waals surface area contributed by atoms with E-state index in [4.69, 9.17) is 11.2 Å². The highest BCUT2D eigenvalue weighted by atomic mass is 32.2. The van der Waals surface area contributed by atoms with Gasteiger partial charge in [0, 0.05) is 4.90 Å². The number of pyridine rings is 1. The van der Waals surface area contributed by atoms with E-state index in [0.717, 1.165) is 34.8 Å². The number of aromatic nitrogens is 1. The topological polar surface area (TPSA) is 22.1 Å². The minimum absolute atomic E-state index is 0.0213. The van der Waals surface area contributed by atoms with Gasteiger partial charge in [-0.3, -0.25) is 4.98 Å². The molecule has 0 unspecified atom stereocenters. The third-order valence-corrected chi connectivity index (χ3v) is 3.88. The summed E-state index contributed by atoms with van der Waals surface area (Å²) in [6.07, 6.45) is 11.4. The minimum Gasteiger partial charge on any atom is -0.490 e. The summed E-state index contributed by atoms with van der Waals surface area (Å²) in [4.78, 5) is 5.49. The summed E-state index contributed by atoms with van der Waals surface area (Å²) in [6, 6.07) is 2.01. The third-order valence-electron chi connectivity index (χ3n) is 3.13. The smallest absolute Gasteiger partial charge is 0.138 e. The Hall–Kier alpha value is -1.40. The van der Waals surface area contributed by atoms with Crippen molar-refractivity contribution < 1.29 is 4.74 Å². The van der Waals surface area contributed by atoms with E-state index >= 15 is 0 Å². The highest BCUT2D eigenvalue weighted by Crippen LogP contribution is 2.45. The third kappa shape index (κ3) is 2.70. The number of thioether (sulfide) groups is 1. The largest absolute Gasteiger partial charge is 0.490 e. The summed E-state index contributed by atoms with van der Waals surface area (Å²) in [5.41, 5.74) is 1.88. The minimum atomic E-state index is -0.0213. The van der Waals surface area contributed by atoms with Gasteiger partial charge in [-0.2, -0.15) is 0 Å². The van der Waals surface area contributed by atoms with Crippen molar-refractivity contribution in [1.29, 1.82) is 0 Å². The maximum Gasteiger partial charge on any atom is 0.138 e. The van der Waals surface area contributed by atoms with E-state index in [1.807, 2.05) is 19.2 Å². The molecule has 0 aliphatic heterocycles. The first-order chi connectivity index (χ1) is 8.60. The molecule has 18 heavy (non-hydrogen) atoms. The first-order valence-electron chi connectivity index (χ1n) is 5.91.